The van der Waals surface area contributed by atoms with E-state index in [0.717, 1.165) is 0 Å². The molecule has 0 radical (unpaired) electrons. The van der Waals surface area contributed by atoms with Gasteiger partial charge in [0.25, 0.3) is 5.56 Å². The SMILES string of the molecule is O=c1[nH]c(=S)n([C@@H]2O[C@H](OP(=O)(O)OP(=O)(O)OP(=O)(O)O)CC2F)cc1F. The summed E-state index contributed by atoms with van der Waals surface area (Å²) in [5, 5.41) is 0. The van der Waals surface area contributed by atoms with E-state index in [4.69, 9.17) is 31.6 Å². The zero-order valence-corrected chi connectivity index (χ0v) is 16.5. The number of rotatable bonds is 7. The molecule has 1 fully saturated rings. The molecule has 1 aromatic heterocycles. The molecule has 1 saturated heterocycles. The molecule has 0 aliphatic carbocycles. The number of phosphoric acid groups is 3. The van der Waals surface area contributed by atoms with E-state index in [2.05, 4.69) is 13.1 Å². The van der Waals surface area contributed by atoms with E-state index in [0.29, 0.717) is 10.8 Å². The summed E-state index contributed by atoms with van der Waals surface area (Å²) in [6.07, 6.45) is -5.87. The van der Waals surface area contributed by atoms with Crippen LogP contribution < -0.4 is 5.56 Å². The Bertz CT molecular complexity index is 1010. The van der Waals surface area contributed by atoms with Crippen LogP contribution in [-0.4, -0.2) is 41.6 Å². The van der Waals surface area contributed by atoms with Crippen LogP contribution in [0.5, 0.6) is 0 Å². The summed E-state index contributed by atoms with van der Waals surface area (Å²) in [7, 11) is -16.9. The van der Waals surface area contributed by atoms with Crippen molar-refractivity contribution >= 4 is 35.7 Å². The third-order valence-electron chi connectivity index (χ3n) is 2.88. The summed E-state index contributed by atoms with van der Waals surface area (Å²) in [4.78, 5) is 48.3. The van der Waals surface area contributed by atoms with Crippen LogP contribution in [0.4, 0.5) is 8.78 Å². The van der Waals surface area contributed by atoms with Crippen molar-refractivity contribution in [3.8, 4) is 0 Å². The average molecular weight is 490 g/mol. The number of hydrogen-bond acceptors (Lipinski definition) is 9. The number of aromatic amines is 1. The summed E-state index contributed by atoms with van der Waals surface area (Å²) >= 11 is 4.72. The predicted molar refractivity (Wildman–Crippen MR) is 84.2 cm³/mol. The quantitative estimate of drug-likeness (QED) is 0.267. The minimum atomic E-state index is -5.76. The zero-order valence-electron chi connectivity index (χ0n) is 13.0. The van der Waals surface area contributed by atoms with Crippen LogP contribution >= 0.6 is 35.7 Å². The van der Waals surface area contributed by atoms with Gasteiger partial charge in [-0.25, -0.2) is 18.1 Å². The molecule has 2 rings (SSSR count). The monoisotopic (exact) mass is 490 g/mol. The molecule has 5 N–H and O–H groups in total. The van der Waals surface area contributed by atoms with Crippen molar-refractivity contribution in [3.63, 3.8) is 0 Å². The first kappa shape index (κ1) is 23.6. The third-order valence-corrected chi connectivity index (χ3v) is 7.03. The van der Waals surface area contributed by atoms with Gasteiger partial charge in [-0.3, -0.25) is 18.9 Å². The molecule has 1 aromatic rings. The first-order valence-corrected chi connectivity index (χ1v) is 11.6. The summed E-state index contributed by atoms with van der Waals surface area (Å²) in [5.74, 6) is -1.33. The minimum Gasteiger partial charge on any atom is -0.325 e. The normalized spacial score (nSPS) is 27.3. The third kappa shape index (κ3) is 6.42. The minimum absolute atomic E-state index is 0.446. The molecule has 20 heteroatoms. The van der Waals surface area contributed by atoms with Gasteiger partial charge in [0.15, 0.2) is 23.5 Å². The number of nitrogens with one attached hydrogen (secondary N) is 1. The maximum absolute atomic E-state index is 14.1. The van der Waals surface area contributed by atoms with E-state index in [9.17, 15) is 32.2 Å². The number of aromatic nitrogens is 2. The number of H-pyrrole nitrogens is 1. The highest BCUT2D eigenvalue weighted by Crippen LogP contribution is 2.66. The van der Waals surface area contributed by atoms with E-state index in [-0.39, 0.29) is 0 Å². The van der Waals surface area contributed by atoms with E-state index in [1.807, 2.05) is 4.98 Å². The van der Waals surface area contributed by atoms with Gasteiger partial charge in [0, 0.05) is 6.42 Å². The lowest BCUT2D eigenvalue weighted by molar-refractivity contribution is -0.112. The van der Waals surface area contributed by atoms with Gasteiger partial charge in [0.05, 0.1) is 6.20 Å². The molecular formula is C8H11F2N2O12P3S. The average Bonchev–Trinajstić information content (AvgIpc) is 2.78. The standard InChI is InChI=1S/C8H11F2N2O12P3S/c9-3-1-5(21-7(3)12-2-4(10)6(13)11-8(12)28)22-26(17,18)24-27(19,20)23-25(14,15)16/h2-3,5,7H,1H2,(H,17,18)(H,19,20)(H,11,13,28)(H2,14,15,16)/t3?,5-,7-/m1/s1. The number of alkyl halides is 1. The first-order valence-electron chi connectivity index (χ1n) is 6.71. The Kier molecular flexibility index (Phi) is 6.93. The molecule has 14 nitrogen and oxygen atoms in total. The Hall–Kier alpha value is -0.670. The number of halogens is 2. The van der Waals surface area contributed by atoms with Gasteiger partial charge >= 0.3 is 23.5 Å². The molecular weight excluding hydrogens is 479 g/mol. The highest BCUT2D eigenvalue weighted by Gasteiger charge is 2.45. The van der Waals surface area contributed by atoms with Crippen molar-refractivity contribution < 1.29 is 59.9 Å². The molecule has 5 atom stereocenters. The molecule has 0 bridgehead atoms. The fourth-order valence-electron chi connectivity index (χ4n) is 2.00. The summed E-state index contributed by atoms with van der Waals surface area (Å²) in [6.45, 7) is 0. The van der Waals surface area contributed by atoms with Gasteiger partial charge in [0.1, 0.15) is 0 Å². The van der Waals surface area contributed by atoms with Gasteiger partial charge in [-0.05, 0) is 12.2 Å². The summed E-state index contributed by atoms with van der Waals surface area (Å²) in [6, 6.07) is 0. The molecule has 0 saturated carbocycles. The zero-order chi connectivity index (χ0) is 21.5. The van der Waals surface area contributed by atoms with Crippen LogP contribution in [0.3, 0.4) is 0 Å². The molecule has 0 amide bonds. The van der Waals surface area contributed by atoms with Crippen molar-refractivity contribution in [1.82, 2.24) is 9.55 Å². The van der Waals surface area contributed by atoms with Gasteiger partial charge in [-0.15, -0.1) is 0 Å². The Labute approximate surface area is 158 Å². The molecule has 0 aromatic carbocycles. The fourth-order valence-corrected chi connectivity index (χ4v) is 5.34. The molecule has 3 unspecified atom stereocenters. The second-order valence-corrected chi connectivity index (χ2v) is 9.81. The van der Waals surface area contributed by atoms with Gasteiger partial charge in [-0.2, -0.15) is 13.0 Å². The maximum atomic E-state index is 14.1. The van der Waals surface area contributed by atoms with Crippen LogP contribution in [0.2, 0.25) is 0 Å². The number of ether oxygens (including phenoxy) is 1. The van der Waals surface area contributed by atoms with Crippen LogP contribution in [0.25, 0.3) is 0 Å². The van der Waals surface area contributed by atoms with Crippen molar-refractivity contribution in [1.29, 1.82) is 0 Å². The topological polar surface area (TPSA) is 207 Å². The highest BCUT2D eigenvalue weighted by atomic mass is 32.1. The van der Waals surface area contributed by atoms with E-state index in [1.165, 1.54) is 0 Å². The summed E-state index contributed by atoms with van der Waals surface area (Å²) in [5.41, 5.74) is -1.18. The Balaban J connectivity index is 2.12. The van der Waals surface area contributed by atoms with Gasteiger partial charge < -0.3 is 24.3 Å². The lowest BCUT2D eigenvalue weighted by Crippen LogP contribution is -2.23. The number of nitrogens with zero attached hydrogens (tertiary/aromatic N) is 1. The van der Waals surface area contributed by atoms with Gasteiger partial charge in [0.2, 0.25) is 5.82 Å². The van der Waals surface area contributed by atoms with Crippen LogP contribution in [0.1, 0.15) is 12.6 Å². The number of phosphoric ester groups is 1. The second-order valence-electron chi connectivity index (χ2n) is 5.05. The smallest absolute Gasteiger partial charge is 0.325 e. The maximum Gasteiger partial charge on any atom is 0.490 e. The summed E-state index contributed by atoms with van der Waals surface area (Å²) < 4.78 is 77.4. The van der Waals surface area contributed by atoms with Crippen LogP contribution in [0.15, 0.2) is 11.0 Å². The Morgan fingerprint density at radius 1 is 1.21 bits per heavy atom. The molecule has 0 spiro atoms. The number of hydrogen-bond donors (Lipinski definition) is 5. The highest BCUT2D eigenvalue weighted by molar-refractivity contribution is 7.71. The Morgan fingerprint density at radius 3 is 2.39 bits per heavy atom. The largest absolute Gasteiger partial charge is 0.490 e. The molecule has 1 aliphatic heterocycles. The van der Waals surface area contributed by atoms with Crippen molar-refractivity contribution in [2.75, 3.05) is 0 Å². The van der Waals surface area contributed by atoms with Crippen LogP contribution in [-0.2, 0) is 31.6 Å². The lowest BCUT2D eigenvalue weighted by Gasteiger charge is -2.20. The Morgan fingerprint density at radius 2 is 1.82 bits per heavy atom. The molecule has 28 heavy (non-hydrogen) atoms. The molecule has 160 valence electrons. The lowest BCUT2D eigenvalue weighted by atomic mass is 10.3. The van der Waals surface area contributed by atoms with Crippen molar-refractivity contribution in [3.05, 3.63) is 27.1 Å². The van der Waals surface area contributed by atoms with Crippen molar-refractivity contribution in [2.24, 2.45) is 0 Å². The fraction of sp³-hybridized carbons (Fsp3) is 0.500. The van der Waals surface area contributed by atoms with E-state index >= 15 is 0 Å². The first-order chi connectivity index (χ1) is 12.6. The van der Waals surface area contributed by atoms with Crippen molar-refractivity contribution in [2.45, 2.75) is 25.1 Å². The molecule has 1 aliphatic rings. The van der Waals surface area contributed by atoms with E-state index in [1.54, 1.807) is 0 Å². The van der Waals surface area contributed by atoms with Gasteiger partial charge in [-0.1, -0.05) is 0 Å². The predicted octanol–water partition coefficient (Wildman–Crippen LogP) is 0.971. The molecule has 2 heterocycles. The van der Waals surface area contributed by atoms with Crippen LogP contribution in [0, 0.1) is 10.6 Å². The second kappa shape index (κ2) is 8.22. The van der Waals surface area contributed by atoms with E-state index < -0.39 is 64.7 Å².